The Morgan fingerprint density at radius 2 is 2.37 bits per heavy atom. The van der Waals surface area contributed by atoms with Gasteiger partial charge in [-0.1, -0.05) is 6.92 Å². The number of hydrogen-bond donors (Lipinski definition) is 2. The fourth-order valence-electron chi connectivity index (χ4n) is 2.58. The van der Waals surface area contributed by atoms with Gasteiger partial charge in [0.1, 0.15) is 5.54 Å². The quantitative estimate of drug-likeness (QED) is 0.890. The van der Waals surface area contributed by atoms with E-state index in [4.69, 9.17) is 0 Å². The Hall–Kier alpha value is -1.56. The van der Waals surface area contributed by atoms with Gasteiger partial charge >= 0.3 is 12.0 Å². The molecule has 1 aromatic heterocycles. The third-order valence-electron chi connectivity index (χ3n) is 3.74. The minimum absolute atomic E-state index is 0.284. The summed E-state index contributed by atoms with van der Waals surface area (Å²) in [7, 11) is 0. The number of urea groups is 1. The number of carboxylic acid groups (broad SMARTS) is 1. The van der Waals surface area contributed by atoms with Crippen LogP contribution in [0.1, 0.15) is 31.7 Å². The van der Waals surface area contributed by atoms with Crippen molar-refractivity contribution in [2.24, 2.45) is 0 Å². The summed E-state index contributed by atoms with van der Waals surface area (Å²) >= 11 is 1.57. The predicted octanol–water partition coefficient (Wildman–Crippen LogP) is 2.29. The van der Waals surface area contributed by atoms with Crippen molar-refractivity contribution in [3.8, 4) is 0 Å². The van der Waals surface area contributed by atoms with Gasteiger partial charge in [0.25, 0.3) is 0 Å². The summed E-state index contributed by atoms with van der Waals surface area (Å²) in [6.07, 6.45) is 1.71. The molecule has 1 aliphatic heterocycles. The first-order valence-electron chi connectivity index (χ1n) is 6.40. The first kappa shape index (κ1) is 13.9. The standard InChI is InChI=1S/C13H18N2O3S/c1-2-13(11(16)17)5-3-6-15(13)12(18)14-8-10-4-7-19-9-10/h4,7,9H,2-3,5-6,8H2,1H3,(H,14,18)(H,16,17). The number of carbonyl (C=O) groups excluding carboxylic acids is 1. The lowest BCUT2D eigenvalue weighted by Gasteiger charge is -2.33. The Morgan fingerprint density at radius 3 is 2.95 bits per heavy atom. The molecule has 1 aromatic rings. The monoisotopic (exact) mass is 282 g/mol. The fraction of sp³-hybridized carbons (Fsp3) is 0.538. The molecule has 2 N–H and O–H groups in total. The van der Waals surface area contributed by atoms with Crippen LogP contribution in [0.2, 0.25) is 0 Å². The zero-order valence-corrected chi connectivity index (χ0v) is 11.7. The molecular formula is C13H18N2O3S. The molecule has 0 bridgehead atoms. The van der Waals surface area contributed by atoms with Crippen LogP contribution in [0.5, 0.6) is 0 Å². The highest BCUT2D eigenvalue weighted by Crippen LogP contribution is 2.32. The lowest BCUT2D eigenvalue weighted by atomic mass is 9.93. The summed E-state index contributed by atoms with van der Waals surface area (Å²) in [5.41, 5.74) is 0.00797. The van der Waals surface area contributed by atoms with E-state index in [1.165, 1.54) is 4.90 Å². The van der Waals surface area contributed by atoms with Crippen molar-refractivity contribution in [2.75, 3.05) is 6.54 Å². The van der Waals surface area contributed by atoms with Gasteiger partial charge in [-0.2, -0.15) is 11.3 Å². The topological polar surface area (TPSA) is 69.6 Å². The first-order chi connectivity index (χ1) is 9.10. The van der Waals surface area contributed by atoms with Crippen LogP contribution >= 0.6 is 11.3 Å². The first-order valence-corrected chi connectivity index (χ1v) is 7.34. The van der Waals surface area contributed by atoms with Crippen LogP contribution in [0.25, 0.3) is 0 Å². The number of nitrogens with one attached hydrogen (secondary N) is 1. The van der Waals surface area contributed by atoms with E-state index in [0.717, 1.165) is 12.0 Å². The van der Waals surface area contributed by atoms with Gasteiger partial charge in [0.15, 0.2) is 0 Å². The van der Waals surface area contributed by atoms with E-state index in [-0.39, 0.29) is 6.03 Å². The number of aliphatic carboxylic acids is 1. The summed E-state index contributed by atoms with van der Waals surface area (Å²) in [4.78, 5) is 25.1. The van der Waals surface area contributed by atoms with Crippen LogP contribution in [-0.2, 0) is 11.3 Å². The number of carbonyl (C=O) groups is 2. The smallest absolute Gasteiger partial charge is 0.329 e. The normalized spacial score (nSPS) is 22.5. The van der Waals surface area contributed by atoms with Crippen LogP contribution in [0.15, 0.2) is 16.8 Å². The SMILES string of the molecule is CCC1(C(=O)O)CCCN1C(=O)NCc1ccsc1. The van der Waals surface area contributed by atoms with E-state index < -0.39 is 11.5 Å². The average molecular weight is 282 g/mol. The molecule has 0 saturated carbocycles. The third kappa shape index (κ3) is 2.58. The Bertz CT molecular complexity index is 460. The van der Waals surface area contributed by atoms with Crippen molar-refractivity contribution >= 4 is 23.3 Å². The third-order valence-corrected chi connectivity index (χ3v) is 4.47. The van der Waals surface area contributed by atoms with Gasteiger partial charge in [0.05, 0.1) is 0 Å². The van der Waals surface area contributed by atoms with Crippen molar-refractivity contribution in [3.05, 3.63) is 22.4 Å². The number of hydrogen-bond acceptors (Lipinski definition) is 3. The highest BCUT2D eigenvalue weighted by atomic mass is 32.1. The Morgan fingerprint density at radius 1 is 1.58 bits per heavy atom. The highest BCUT2D eigenvalue weighted by Gasteiger charge is 2.48. The molecule has 1 fully saturated rings. The lowest BCUT2D eigenvalue weighted by molar-refractivity contribution is -0.148. The zero-order chi connectivity index (χ0) is 13.9. The summed E-state index contributed by atoms with van der Waals surface area (Å²) < 4.78 is 0. The molecular weight excluding hydrogens is 264 g/mol. The molecule has 2 amide bonds. The summed E-state index contributed by atoms with van der Waals surface area (Å²) in [5, 5.41) is 16.1. The number of carboxylic acids is 1. The summed E-state index contributed by atoms with van der Waals surface area (Å²) in [5.74, 6) is -0.904. The highest BCUT2D eigenvalue weighted by molar-refractivity contribution is 7.07. The minimum atomic E-state index is -1.03. The van der Waals surface area contributed by atoms with Crippen LogP contribution in [0.3, 0.4) is 0 Å². The van der Waals surface area contributed by atoms with E-state index >= 15 is 0 Å². The van der Waals surface area contributed by atoms with E-state index in [2.05, 4.69) is 5.32 Å². The molecule has 2 rings (SSSR count). The van der Waals surface area contributed by atoms with Crippen LogP contribution in [-0.4, -0.2) is 34.1 Å². The molecule has 0 spiro atoms. The van der Waals surface area contributed by atoms with Crippen molar-refractivity contribution in [2.45, 2.75) is 38.3 Å². The second-order valence-electron chi connectivity index (χ2n) is 4.74. The number of likely N-dealkylation sites (tertiary alicyclic amines) is 1. The van der Waals surface area contributed by atoms with E-state index in [0.29, 0.717) is 25.9 Å². The maximum Gasteiger partial charge on any atom is 0.329 e. The molecule has 1 atom stereocenters. The molecule has 0 radical (unpaired) electrons. The minimum Gasteiger partial charge on any atom is -0.479 e. The van der Waals surface area contributed by atoms with E-state index in [1.807, 2.05) is 23.8 Å². The predicted molar refractivity (Wildman–Crippen MR) is 73.2 cm³/mol. The maximum absolute atomic E-state index is 12.2. The molecule has 6 heteroatoms. The van der Waals surface area contributed by atoms with Gasteiger partial charge in [-0.25, -0.2) is 9.59 Å². The van der Waals surface area contributed by atoms with Crippen molar-refractivity contribution in [1.29, 1.82) is 0 Å². The molecule has 2 heterocycles. The van der Waals surface area contributed by atoms with Crippen LogP contribution in [0, 0.1) is 0 Å². The molecule has 19 heavy (non-hydrogen) atoms. The van der Waals surface area contributed by atoms with E-state index in [1.54, 1.807) is 11.3 Å². The van der Waals surface area contributed by atoms with Crippen LogP contribution < -0.4 is 5.32 Å². The molecule has 0 aliphatic carbocycles. The molecule has 5 nitrogen and oxygen atoms in total. The van der Waals surface area contributed by atoms with Gasteiger partial charge in [-0.3, -0.25) is 0 Å². The van der Waals surface area contributed by atoms with Gasteiger partial charge < -0.3 is 15.3 Å². The second kappa shape index (κ2) is 5.61. The maximum atomic E-state index is 12.2. The number of nitrogens with zero attached hydrogens (tertiary/aromatic N) is 1. The largest absolute Gasteiger partial charge is 0.479 e. The van der Waals surface area contributed by atoms with Crippen LogP contribution in [0.4, 0.5) is 4.79 Å². The van der Waals surface area contributed by atoms with Gasteiger partial charge in [-0.15, -0.1) is 0 Å². The average Bonchev–Trinajstić information content (AvgIpc) is 3.05. The lowest BCUT2D eigenvalue weighted by Crippen LogP contribution is -2.55. The van der Waals surface area contributed by atoms with Gasteiger partial charge in [0.2, 0.25) is 0 Å². The summed E-state index contributed by atoms with van der Waals surface area (Å²) in [6.45, 7) is 2.77. The van der Waals surface area contributed by atoms with Gasteiger partial charge in [-0.05, 0) is 41.7 Å². The van der Waals surface area contributed by atoms with Crippen molar-refractivity contribution in [3.63, 3.8) is 0 Å². The molecule has 1 saturated heterocycles. The molecule has 1 aliphatic rings. The van der Waals surface area contributed by atoms with Crippen molar-refractivity contribution < 1.29 is 14.7 Å². The number of amides is 2. The second-order valence-corrected chi connectivity index (χ2v) is 5.52. The Balaban J connectivity index is 2.03. The fourth-order valence-corrected chi connectivity index (χ4v) is 3.25. The Kier molecular flexibility index (Phi) is 4.09. The van der Waals surface area contributed by atoms with E-state index in [9.17, 15) is 14.7 Å². The van der Waals surface area contributed by atoms with Gasteiger partial charge in [0, 0.05) is 13.1 Å². The zero-order valence-electron chi connectivity index (χ0n) is 10.9. The number of thiophene rings is 1. The summed E-state index contributed by atoms with van der Waals surface area (Å²) in [6, 6.07) is 1.66. The number of rotatable bonds is 4. The Labute approximate surface area is 116 Å². The molecule has 1 unspecified atom stereocenters. The molecule has 0 aromatic carbocycles. The van der Waals surface area contributed by atoms with Crippen molar-refractivity contribution in [1.82, 2.24) is 10.2 Å². The molecule has 104 valence electrons.